The third kappa shape index (κ3) is 3.64. The van der Waals surface area contributed by atoms with E-state index in [1.807, 2.05) is 0 Å². The van der Waals surface area contributed by atoms with Crippen molar-refractivity contribution in [2.45, 2.75) is 19.9 Å². The van der Waals surface area contributed by atoms with Crippen LogP contribution in [0.2, 0.25) is 0 Å². The fraction of sp³-hybridized carbons (Fsp3) is 0.462. The van der Waals surface area contributed by atoms with Gasteiger partial charge >= 0.3 is 5.97 Å². The van der Waals surface area contributed by atoms with Crippen LogP contribution in [0.1, 0.15) is 24.2 Å². The molecule has 0 unspecified atom stereocenters. The fourth-order valence-corrected chi connectivity index (χ4v) is 1.78. The van der Waals surface area contributed by atoms with Crippen molar-refractivity contribution in [3.05, 3.63) is 29.3 Å². The van der Waals surface area contributed by atoms with Crippen LogP contribution in [0.25, 0.3) is 0 Å². The zero-order valence-electron chi connectivity index (χ0n) is 11.1. The molecule has 1 rings (SSSR count). The van der Waals surface area contributed by atoms with Crippen molar-refractivity contribution >= 4 is 11.7 Å². The van der Waals surface area contributed by atoms with Gasteiger partial charge in [0.2, 0.25) is 0 Å². The number of anilines is 1. The third-order valence-electron chi connectivity index (χ3n) is 2.71. The molecule has 0 aliphatic rings. The number of carbonyl (C=O) groups is 1. The topological polar surface area (TPSA) is 49.8 Å². The van der Waals surface area contributed by atoms with Crippen molar-refractivity contribution in [3.63, 3.8) is 0 Å². The highest BCUT2D eigenvalue weighted by Crippen LogP contribution is 2.26. The van der Waals surface area contributed by atoms with Gasteiger partial charge in [0, 0.05) is 19.7 Å². The number of benzene rings is 1. The summed E-state index contributed by atoms with van der Waals surface area (Å²) in [4.78, 5) is 12.2. The maximum atomic E-state index is 13.9. The van der Waals surface area contributed by atoms with E-state index in [9.17, 15) is 13.6 Å². The van der Waals surface area contributed by atoms with Gasteiger partial charge in [-0.05, 0) is 26.0 Å². The Morgan fingerprint density at radius 2 is 1.89 bits per heavy atom. The Hall–Kier alpha value is -1.69. The summed E-state index contributed by atoms with van der Waals surface area (Å²) in [6.07, 6.45) is 0. The molecule has 0 spiro atoms. The van der Waals surface area contributed by atoms with Gasteiger partial charge in [0.1, 0.15) is 17.3 Å². The lowest BCUT2D eigenvalue weighted by Gasteiger charge is -2.29. The second-order valence-corrected chi connectivity index (χ2v) is 4.37. The molecular formula is C13H17F2NO3. The number of halogens is 2. The molecule has 0 radical (unpaired) electrons. The van der Waals surface area contributed by atoms with Crippen molar-refractivity contribution in [2.24, 2.45) is 0 Å². The second kappa shape index (κ2) is 6.47. The number of methoxy groups -OCH3 is 1. The number of hydrogen-bond acceptors (Lipinski definition) is 3. The lowest BCUT2D eigenvalue weighted by atomic mass is 10.1. The normalized spacial score (nSPS) is 10.8. The molecule has 0 amide bonds. The van der Waals surface area contributed by atoms with Crippen LogP contribution in [-0.4, -0.2) is 37.4 Å². The van der Waals surface area contributed by atoms with Crippen molar-refractivity contribution in [2.75, 3.05) is 25.2 Å². The van der Waals surface area contributed by atoms with Gasteiger partial charge in [0.25, 0.3) is 0 Å². The minimum Gasteiger partial charge on any atom is -0.478 e. The Balaban J connectivity index is 3.19. The molecule has 106 valence electrons. The van der Waals surface area contributed by atoms with Crippen molar-refractivity contribution in [3.8, 4) is 0 Å². The zero-order valence-corrected chi connectivity index (χ0v) is 11.1. The lowest BCUT2D eigenvalue weighted by molar-refractivity contribution is 0.0695. The SMILES string of the molecule is COCCN(c1c(F)cc(C(=O)O)cc1F)C(C)C. The molecule has 1 N–H and O–H groups in total. The molecule has 0 aliphatic carbocycles. The van der Waals surface area contributed by atoms with E-state index in [0.717, 1.165) is 12.1 Å². The van der Waals surface area contributed by atoms with E-state index >= 15 is 0 Å². The van der Waals surface area contributed by atoms with Gasteiger partial charge in [-0.3, -0.25) is 0 Å². The Morgan fingerprint density at radius 1 is 1.37 bits per heavy atom. The van der Waals surface area contributed by atoms with Gasteiger partial charge in [-0.25, -0.2) is 13.6 Å². The minimum absolute atomic E-state index is 0.144. The first-order valence-electron chi connectivity index (χ1n) is 5.86. The molecule has 0 atom stereocenters. The first-order chi connectivity index (χ1) is 8.88. The van der Waals surface area contributed by atoms with E-state index in [4.69, 9.17) is 9.84 Å². The summed E-state index contributed by atoms with van der Waals surface area (Å²) in [5, 5.41) is 8.75. The second-order valence-electron chi connectivity index (χ2n) is 4.37. The summed E-state index contributed by atoms with van der Waals surface area (Å²) in [6.45, 7) is 4.21. The first kappa shape index (κ1) is 15.4. The van der Waals surface area contributed by atoms with Crippen LogP contribution in [0.5, 0.6) is 0 Å². The number of rotatable bonds is 6. The maximum Gasteiger partial charge on any atom is 0.335 e. The number of ether oxygens (including phenoxy) is 1. The maximum absolute atomic E-state index is 13.9. The molecule has 0 saturated carbocycles. The van der Waals surface area contributed by atoms with E-state index in [1.54, 1.807) is 13.8 Å². The van der Waals surface area contributed by atoms with Gasteiger partial charge in [-0.15, -0.1) is 0 Å². The Labute approximate surface area is 110 Å². The lowest BCUT2D eigenvalue weighted by Crippen LogP contribution is -2.35. The smallest absolute Gasteiger partial charge is 0.335 e. The molecule has 0 saturated heterocycles. The zero-order chi connectivity index (χ0) is 14.6. The van der Waals surface area contributed by atoms with Crippen LogP contribution >= 0.6 is 0 Å². The summed E-state index contributed by atoms with van der Waals surface area (Å²) >= 11 is 0. The summed E-state index contributed by atoms with van der Waals surface area (Å²) < 4.78 is 32.8. The molecule has 0 aliphatic heterocycles. The van der Waals surface area contributed by atoms with Gasteiger partial charge in [0.15, 0.2) is 0 Å². The Bertz CT molecular complexity index is 440. The highest BCUT2D eigenvalue weighted by molar-refractivity contribution is 5.88. The number of carboxylic acid groups (broad SMARTS) is 1. The van der Waals surface area contributed by atoms with Gasteiger partial charge < -0.3 is 14.7 Å². The molecule has 4 nitrogen and oxygen atoms in total. The monoisotopic (exact) mass is 273 g/mol. The summed E-state index contributed by atoms with van der Waals surface area (Å²) in [5.41, 5.74) is -0.633. The van der Waals surface area contributed by atoms with E-state index in [-0.39, 0.29) is 11.7 Å². The Morgan fingerprint density at radius 3 is 2.26 bits per heavy atom. The fourth-order valence-electron chi connectivity index (χ4n) is 1.78. The number of hydrogen-bond donors (Lipinski definition) is 1. The largest absolute Gasteiger partial charge is 0.478 e. The highest BCUT2D eigenvalue weighted by Gasteiger charge is 2.21. The van der Waals surface area contributed by atoms with Crippen molar-refractivity contribution in [1.29, 1.82) is 0 Å². The predicted octanol–water partition coefficient (Wildman–Crippen LogP) is 2.52. The number of nitrogens with zero attached hydrogens (tertiary/aromatic N) is 1. The van der Waals surface area contributed by atoms with Crippen LogP contribution in [0.4, 0.5) is 14.5 Å². The van der Waals surface area contributed by atoms with Crippen molar-refractivity contribution < 1.29 is 23.4 Å². The van der Waals surface area contributed by atoms with Gasteiger partial charge in [-0.2, -0.15) is 0 Å². The quantitative estimate of drug-likeness (QED) is 0.865. The van der Waals surface area contributed by atoms with Crippen LogP contribution < -0.4 is 4.90 Å². The van der Waals surface area contributed by atoms with E-state index in [1.165, 1.54) is 12.0 Å². The summed E-state index contributed by atoms with van der Waals surface area (Å²) in [6, 6.07) is 1.50. The summed E-state index contributed by atoms with van der Waals surface area (Å²) in [7, 11) is 1.50. The van der Waals surface area contributed by atoms with E-state index in [2.05, 4.69) is 0 Å². The molecule has 1 aromatic rings. The number of aromatic carboxylic acids is 1. The van der Waals surface area contributed by atoms with Crippen LogP contribution in [-0.2, 0) is 4.74 Å². The molecule has 19 heavy (non-hydrogen) atoms. The highest BCUT2D eigenvalue weighted by atomic mass is 19.1. The van der Waals surface area contributed by atoms with Crippen LogP contribution in [0.3, 0.4) is 0 Å². The predicted molar refractivity (Wildman–Crippen MR) is 67.7 cm³/mol. The first-order valence-corrected chi connectivity index (χ1v) is 5.86. The standard InChI is InChI=1S/C13H17F2NO3/c1-8(2)16(4-5-19-3)12-10(14)6-9(13(17)18)7-11(12)15/h6-8H,4-5H2,1-3H3,(H,17,18). The molecule has 0 aromatic heterocycles. The number of carboxylic acids is 1. The van der Waals surface area contributed by atoms with E-state index < -0.39 is 23.2 Å². The molecule has 0 fully saturated rings. The van der Waals surface area contributed by atoms with Crippen molar-refractivity contribution in [1.82, 2.24) is 0 Å². The average molecular weight is 273 g/mol. The average Bonchev–Trinajstić information content (AvgIpc) is 2.31. The third-order valence-corrected chi connectivity index (χ3v) is 2.71. The molecule has 0 bridgehead atoms. The molecular weight excluding hydrogens is 256 g/mol. The molecule has 1 aromatic carbocycles. The Kier molecular flexibility index (Phi) is 5.23. The van der Waals surface area contributed by atoms with Crippen LogP contribution in [0, 0.1) is 11.6 Å². The molecule has 6 heteroatoms. The van der Waals surface area contributed by atoms with E-state index in [0.29, 0.717) is 13.2 Å². The van der Waals surface area contributed by atoms with Gasteiger partial charge in [0.05, 0.1) is 12.2 Å². The summed E-state index contributed by atoms with van der Waals surface area (Å²) in [5.74, 6) is -3.14. The molecule has 0 heterocycles. The van der Waals surface area contributed by atoms with Gasteiger partial charge in [-0.1, -0.05) is 0 Å². The minimum atomic E-state index is -1.36. The van der Waals surface area contributed by atoms with Crippen LogP contribution in [0.15, 0.2) is 12.1 Å².